The average molecular weight is 250 g/mol. The summed E-state index contributed by atoms with van der Waals surface area (Å²) in [6.07, 6.45) is -4.64. The number of carbonyl (C=O) groups excluding carboxylic acids is 1. The van der Waals surface area contributed by atoms with Gasteiger partial charge in [0.05, 0.1) is 5.56 Å². The molecule has 1 aromatic carbocycles. The van der Waals surface area contributed by atoms with Crippen LogP contribution in [0.4, 0.5) is 13.2 Å². The lowest BCUT2D eigenvalue weighted by Crippen LogP contribution is -2.18. The Morgan fingerprint density at radius 3 is 2.47 bits per heavy atom. The molecule has 0 bridgehead atoms. The predicted molar refractivity (Wildman–Crippen MR) is 51.0 cm³/mol. The molecule has 94 valence electrons. The standard InChI is InChI=1S/C10H9F3O4/c1-15-6-16-8-3-2-4-9(7(8)5-14)17-10(11,12)13/h2-5H,6H2,1H3. The Balaban J connectivity index is 3.01. The van der Waals surface area contributed by atoms with E-state index >= 15 is 0 Å². The summed E-state index contributed by atoms with van der Waals surface area (Å²) in [6, 6.07) is 3.64. The fourth-order valence-electron chi connectivity index (χ4n) is 1.10. The van der Waals surface area contributed by atoms with Crippen LogP contribution in [0.1, 0.15) is 10.4 Å². The van der Waals surface area contributed by atoms with Crippen LogP contribution in [0.5, 0.6) is 11.5 Å². The first kappa shape index (κ1) is 13.3. The van der Waals surface area contributed by atoms with Gasteiger partial charge >= 0.3 is 6.36 Å². The number of benzene rings is 1. The summed E-state index contributed by atoms with van der Waals surface area (Å²) in [7, 11) is 1.34. The zero-order valence-electron chi connectivity index (χ0n) is 8.78. The van der Waals surface area contributed by atoms with Crippen LogP contribution in [-0.4, -0.2) is 26.6 Å². The largest absolute Gasteiger partial charge is 0.573 e. The van der Waals surface area contributed by atoms with E-state index in [1.54, 1.807) is 0 Å². The van der Waals surface area contributed by atoms with E-state index in [-0.39, 0.29) is 24.4 Å². The molecule has 0 fully saturated rings. The van der Waals surface area contributed by atoms with Gasteiger partial charge in [0.2, 0.25) is 0 Å². The third kappa shape index (κ3) is 3.95. The van der Waals surface area contributed by atoms with Crippen molar-refractivity contribution in [2.45, 2.75) is 6.36 Å². The van der Waals surface area contributed by atoms with Gasteiger partial charge in [0.1, 0.15) is 11.5 Å². The molecule has 4 nitrogen and oxygen atoms in total. The van der Waals surface area contributed by atoms with Crippen LogP contribution in [0.15, 0.2) is 18.2 Å². The fourth-order valence-corrected chi connectivity index (χ4v) is 1.10. The maximum atomic E-state index is 12.0. The van der Waals surface area contributed by atoms with Crippen LogP contribution < -0.4 is 9.47 Å². The van der Waals surface area contributed by atoms with E-state index in [0.717, 1.165) is 6.07 Å². The van der Waals surface area contributed by atoms with Crippen LogP contribution in [0.3, 0.4) is 0 Å². The number of carbonyl (C=O) groups is 1. The van der Waals surface area contributed by atoms with E-state index < -0.39 is 12.1 Å². The third-order valence-electron chi connectivity index (χ3n) is 1.70. The topological polar surface area (TPSA) is 44.8 Å². The number of hydrogen-bond donors (Lipinski definition) is 0. The quantitative estimate of drug-likeness (QED) is 0.594. The van der Waals surface area contributed by atoms with Gasteiger partial charge in [-0.2, -0.15) is 0 Å². The molecule has 1 rings (SSSR count). The van der Waals surface area contributed by atoms with Crippen molar-refractivity contribution in [2.24, 2.45) is 0 Å². The summed E-state index contributed by atoms with van der Waals surface area (Å²) in [4.78, 5) is 10.7. The number of halogens is 3. The van der Waals surface area contributed by atoms with Gasteiger partial charge < -0.3 is 14.2 Å². The maximum Gasteiger partial charge on any atom is 0.573 e. The van der Waals surface area contributed by atoms with Crippen molar-refractivity contribution in [3.05, 3.63) is 23.8 Å². The van der Waals surface area contributed by atoms with Gasteiger partial charge in [-0.25, -0.2) is 0 Å². The molecule has 0 saturated carbocycles. The molecule has 0 N–H and O–H groups in total. The van der Waals surface area contributed by atoms with Gasteiger partial charge in [-0.1, -0.05) is 6.07 Å². The first-order valence-corrected chi connectivity index (χ1v) is 4.43. The van der Waals surface area contributed by atoms with Crippen LogP contribution in [-0.2, 0) is 4.74 Å². The van der Waals surface area contributed by atoms with Crippen molar-refractivity contribution >= 4 is 6.29 Å². The van der Waals surface area contributed by atoms with E-state index in [9.17, 15) is 18.0 Å². The minimum Gasteiger partial charge on any atom is -0.467 e. The Kier molecular flexibility index (Phi) is 4.33. The zero-order valence-corrected chi connectivity index (χ0v) is 8.78. The Bertz CT molecular complexity index is 390. The predicted octanol–water partition coefficient (Wildman–Crippen LogP) is 2.38. The summed E-state index contributed by atoms with van der Waals surface area (Å²) in [5, 5.41) is 0. The molecule has 0 heterocycles. The van der Waals surface area contributed by atoms with Gasteiger partial charge in [0.15, 0.2) is 13.1 Å². The van der Waals surface area contributed by atoms with Crippen molar-refractivity contribution in [3.63, 3.8) is 0 Å². The molecule has 0 radical (unpaired) electrons. The number of aldehydes is 1. The molecular formula is C10H9F3O4. The molecule has 0 aliphatic heterocycles. The Hall–Kier alpha value is -1.76. The summed E-state index contributed by atoms with van der Waals surface area (Å²) >= 11 is 0. The van der Waals surface area contributed by atoms with E-state index in [4.69, 9.17) is 4.74 Å². The highest BCUT2D eigenvalue weighted by atomic mass is 19.4. The van der Waals surface area contributed by atoms with E-state index in [2.05, 4.69) is 9.47 Å². The molecule has 0 aliphatic carbocycles. The average Bonchev–Trinajstić information content (AvgIpc) is 2.24. The van der Waals surface area contributed by atoms with Gasteiger partial charge in [-0.15, -0.1) is 13.2 Å². The van der Waals surface area contributed by atoms with Crippen molar-refractivity contribution in [2.75, 3.05) is 13.9 Å². The molecule has 0 atom stereocenters. The van der Waals surface area contributed by atoms with E-state index in [1.165, 1.54) is 19.2 Å². The summed E-state index contributed by atoms with van der Waals surface area (Å²) in [6.45, 7) is -0.184. The molecule has 0 aromatic heterocycles. The monoisotopic (exact) mass is 250 g/mol. The van der Waals surface area contributed by atoms with Gasteiger partial charge in [-0.3, -0.25) is 4.79 Å². The summed E-state index contributed by atoms with van der Waals surface area (Å²) < 4.78 is 49.3. The first-order chi connectivity index (χ1) is 7.98. The van der Waals surface area contributed by atoms with E-state index in [1.807, 2.05) is 0 Å². The lowest BCUT2D eigenvalue weighted by molar-refractivity contribution is -0.274. The normalized spacial score (nSPS) is 11.1. The van der Waals surface area contributed by atoms with E-state index in [0.29, 0.717) is 0 Å². The fraction of sp³-hybridized carbons (Fsp3) is 0.300. The van der Waals surface area contributed by atoms with Crippen LogP contribution in [0, 0.1) is 0 Å². The van der Waals surface area contributed by atoms with Crippen molar-refractivity contribution in [1.82, 2.24) is 0 Å². The molecular weight excluding hydrogens is 241 g/mol. The van der Waals surface area contributed by atoms with Gasteiger partial charge in [0, 0.05) is 7.11 Å². The van der Waals surface area contributed by atoms with Crippen molar-refractivity contribution in [3.8, 4) is 11.5 Å². The Labute approximate surface area is 94.9 Å². The highest BCUT2D eigenvalue weighted by Crippen LogP contribution is 2.31. The lowest BCUT2D eigenvalue weighted by Gasteiger charge is -2.13. The number of rotatable bonds is 5. The van der Waals surface area contributed by atoms with Crippen molar-refractivity contribution < 1.29 is 32.2 Å². The Morgan fingerprint density at radius 1 is 1.29 bits per heavy atom. The van der Waals surface area contributed by atoms with Crippen LogP contribution in [0.25, 0.3) is 0 Å². The zero-order chi connectivity index (χ0) is 12.9. The second-order valence-electron chi connectivity index (χ2n) is 2.88. The number of ether oxygens (including phenoxy) is 3. The summed E-state index contributed by atoms with van der Waals surface area (Å²) in [5.74, 6) is -0.648. The molecule has 17 heavy (non-hydrogen) atoms. The van der Waals surface area contributed by atoms with Crippen molar-refractivity contribution in [1.29, 1.82) is 0 Å². The SMILES string of the molecule is COCOc1cccc(OC(F)(F)F)c1C=O. The van der Waals surface area contributed by atoms with Gasteiger partial charge in [-0.05, 0) is 12.1 Å². The van der Waals surface area contributed by atoms with Crippen LogP contribution in [0.2, 0.25) is 0 Å². The lowest BCUT2D eigenvalue weighted by atomic mass is 10.2. The molecule has 1 aromatic rings. The number of methoxy groups -OCH3 is 1. The minimum atomic E-state index is -4.86. The molecule has 7 heteroatoms. The first-order valence-electron chi connectivity index (χ1n) is 4.43. The van der Waals surface area contributed by atoms with Gasteiger partial charge in [0.25, 0.3) is 0 Å². The Morgan fingerprint density at radius 2 is 1.94 bits per heavy atom. The summed E-state index contributed by atoms with van der Waals surface area (Å²) in [5.41, 5.74) is -0.318. The second-order valence-corrected chi connectivity index (χ2v) is 2.88. The van der Waals surface area contributed by atoms with Crippen LogP contribution >= 0.6 is 0 Å². The maximum absolute atomic E-state index is 12.0. The molecule has 0 amide bonds. The highest BCUT2D eigenvalue weighted by molar-refractivity contribution is 5.83. The smallest absolute Gasteiger partial charge is 0.467 e. The minimum absolute atomic E-state index is 0.0383. The number of alkyl halides is 3. The molecule has 0 spiro atoms. The second kappa shape index (κ2) is 5.53. The molecule has 0 saturated heterocycles. The third-order valence-corrected chi connectivity index (χ3v) is 1.70. The highest BCUT2D eigenvalue weighted by Gasteiger charge is 2.32. The molecule has 0 unspecified atom stereocenters. The molecule has 0 aliphatic rings. The number of hydrogen-bond acceptors (Lipinski definition) is 4.